The first-order valence-electron chi connectivity index (χ1n) is 7.90. The van der Waals surface area contributed by atoms with Gasteiger partial charge in [-0.3, -0.25) is 0 Å². The van der Waals surface area contributed by atoms with Gasteiger partial charge < -0.3 is 4.42 Å². The second-order valence-electron chi connectivity index (χ2n) is 5.96. The molecule has 0 aliphatic heterocycles. The Morgan fingerprint density at radius 3 is 2.42 bits per heavy atom. The predicted molar refractivity (Wildman–Crippen MR) is 102 cm³/mol. The van der Waals surface area contributed by atoms with Crippen molar-refractivity contribution in [3.63, 3.8) is 0 Å². The summed E-state index contributed by atoms with van der Waals surface area (Å²) in [5, 5.41) is 5.23. The molecule has 114 valence electrons. The van der Waals surface area contributed by atoms with E-state index in [1.165, 1.54) is 21.9 Å². The van der Waals surface area contributed by atoms with Gasteiger partial charge in [0, 0.05) is 10.8 Å². The second kappa shape index (κ2) is 5.12. The van der Waals surface area contributed by atoms with Gasteiger partial charge in [-0.25, -0.2) is 0 Å². The number of fused-ring (bicyclic) bond motifs is 5. The molecular weight excluding hydrogens is 316 g/mol. The molecule has 0 saturated heterocycles. The maximum atomic E-state index is 6.29. The van der Waals surface area contributed by atoms with Crippen LogP contribution in [-0.4, -0.2) is 0 Å². The van der Waals surface area contributed by atoms with Crippen molar-refractivity contribution in [1.82, 2.24) is 0 Å². The number of para-hydroxylation sites is 1. The van der Waals surface area contributed by atoms with Crippen LogP contribution < -0.4 is 0 Å². The molecule has 0 fully saturated rings. The summed E-state index contributed by atoms with van der Waals surface area (Å²) in [7, 11) is 0. The summed E-state index contributed by atoms with van der Waals surface area (Å²) in [4.78, 5) is 0. The fraction of sp³-hybridized carbons (Fsp3) is 0. The van der Waals surface area contributed by atoms with E-state index in [-0.39, 0.29) is 0 Å². The Kier molecular flexibility index (Phi) is 2.91. The van der Waals surface area contributed by atoms with Crippen LogP contribution in [0.25, 0.3) is 43.8 Å². The lowest BCUT2D eigenvalue weighted by Gasteiger charge is -2.05. The molecule has 0 N–H and O–H groups in total. The third-order valence-electron chi connectivity index (χ3n) is 4.54. The normalized spacial score (nSPS) is 11.5. The Bertz CT molecular complexity index is 1200. The van der Waals surface area contributed by atoms with Crippen molar-refractivity contribution in [3.8, 4) is 11.1 Å². The second-order valence-corrected chi connectivity index (χ2v) is 6.37. The van der Waals surface area contributed by atoms with Gasteiger partial charge in [-0.1, -0.05) is 72.3 Å². The molecule has 5 aromatic rings. The maximum absolute atomic E-state index is 6.29. The van der Waals surface area contributed by atoms with Gasteiger partial charge in [-0.2, -0.15) is 0 Å². The Labute approximate surface area is 144 Å². The van der Waals surface area contributed by atoms with Crippen LogP contribution in [0, 0.1) is 0 Å². The van der Waals surface area contributed by atoms with Gasteiger partial charge in [-0.15, -0.1) is 0 Å². The highest BCUT2D eigenvalue weighted by atomic mass is 35.5. The molecule has 4 aromatic carbocycles. The number of benzene rings is 4. The Morgan fingerprint density at radius 1 is 0.667 bits per heavy atom. The van der Waals surface area contributed by atoms with Crippen molar-refractivity contribution in [3.05, 3.63) is 83.9 Å². The highest BCUT2D eigenvalue weighted by Crippen LogP contribution is 2.38. The first kappa shape index (κ1) is 13.6. The van der Waals surface area contributed by atoms with E-state index < -0.39 is 0 Å². The van der Waals surface area contributed by atoms with Crippen LogP contribution in [0.3, 0.4) is 0 Å². The summed E-state index contributed by atoms with van der Waals surface area (Å²) >= 11 is 6.29. The van der Waals surface area contributed by atoms with E-state index in [0.29, 0.717) is 5.02 Å². The lowest BCUT2D eigenvalue weighted by Crippen LogP contribution is -1.79. The zero-order valence-corrected chi connectivity index (χ0v) is 13.5. The summed E-state index contributed by atoms with van der Waals surface area (Å²) in [5.41, 5.74) is 4.07. The van der Waals surface area contributed by atoms with Crippen LogP contribution in [0.4, 0.5) is 0 Å². The van der Waals surface area contributed by atoms with E-state index in [0.717, 1.165) is 21.9 Å². The van der Waals surface area contributed by atoms with Crippen molar-refractivity contribution in [1.29, 1.82) is 0 Å². The fourth-order valence-electron chi connectivity index (χ4n) is 3.40. The van der Waals surface area contributed by atoms with Gasteiger partial charge in [0.2, 0.25) is 0 Å². The predicted octanol–water partition coefficient (Wildman–Crippen LogP) is 7.06. The summed E-state index contributed by atoms with van der Waals surface area (Å²) in [6, 6.07) is 27.0. The monoisotopic (exact) mass is 328 g/mol. The average molecular weight is 329 g/mol. The standard InChI is InChI=1S/C22H13ClO/c23-19-8-4-7-18-21-17-11-9-15(14-5-2-1-3-6-14)13-16(17)10-12-20(21)24-22(18)19/h1-13H. The molecule has 1 aromatic heterocycles. The average Bonchev–Trinajstić information content (AvgIpc) is 3.02. The molecule has 0 radical (unpaired) electrons. The number of hydrogen-bond donors (Lipinski definition) is 0. The maximum Gasteiger partial charge on any atom is 0.154 e. The topological polar surface area (TPSA) is 13.1 Å². The van der Waals surface area contributed by atoms with Crippen molar-refractivity contribution < 1.29 is 4.42 Å². The first-order valence-corrected chi connectivity index (χ1v) is 8.28. The van der Waals surface area contributed by atoms with E-state index >= 15 is 0 Å². The van der Waals surface area contributed by atoms with Gasteiger partial charge in [0.15, 0.2) is 5.58 Å². The minimum atomic E-state index is 0.651. The van der Waals surface area contributed by atoms with Crippen LogP contribution >= 0.6 is 11.6 Å². The Morgan fingerprint density at radius 2 is 1.54 bits per heavy atom. The van der Waals surface area contributed by atoms with Crippen LogP contribution in [0.2, 0.25) is 5.02 Å². The Balaban J connectivity index is 1.85. The molecule has 0 saturated carbocycles. The molecular formula is C22H13ClO. The van der Waals surface area contributed by atoms with E-state index in [4.69, 9.17) is 16.0 Å². The van der Waals surface area contributed by atoms with Crippen LogP contribution in [0.1, 0.15) is 0 Å². The summed E-state index contributed by atoms with van der Waals surface area (Å²) < 4.78 is 5.97. The van der Waals surface area contributed by atoms with Crippen molar-refractivity contribution in [2.45, 2.75) is 0 Å². The minimum Gasteiger partial charge on any atom is -0.454 e. The summed E-state index contributed by atoms with van der Waals surface area (Å²) in [5.74, 6) is 0. The van der Waals surface area contributed by atoms with Crippen molar-refractivity contribution >= 4 is 44.3 Å². The van der Waals surface area contributed by atoms with Crippen LogP contribution in [0.15, 0.2) is 83.3 Å². The number of halogens is 1. The Hall–Kier alpha value is -2.77. The van der Waals surface area contributed by atoms with E-state index in [2.05, 4.69) is 54.6 Å². The quantitative estimate of drug-likeness (QED) is 0.321. The zero-order valence-electron chi connectivity index (χ0n) is 12.8. The van der Waals surface area contributed by atoms with E-state index in [1.807, 2.05) is 24.3 Å². The third kappa shape index (κ3) is 1.95. The summed E-state index contributed by atoms with van der Waals surface area (Å²) in [6.07, 6.45) is 0. The lowest BCUT2D eigenvalue weighted by molar-refractivity contribution is 0.669. The van der Waals surface area contributed by atoms with Gasteiger partial charge in [0.25, 0.3) is 0 Å². The molecule has 0 aliphatic rings. The van der Waals surface area contributed by atoms with Crippen molar-refractivity contribution in [2.75, 3.05) is 0 Å². The summed E-state index contributed by atoms with van der Waals surface area (Å²) in [6.45, 7) is 0. The lowest BCUT2D eigenvalue weighted by atomic mass is 9.98. The van der Waals surface area contributed by atoms with Crippen LogP contribution in [0.5, 0.6) is 0 Å². The third-order valence-corrected chi connectivity index (χ3v) is 4.83. The molecule has 0 aliphatic carbocycles. The molecule has 2 heteroatoms. The van der Waals surface area contributed by atoms with E-state index in [1.54, 1.807) is 0 Å². The largest absolute Gasteiger partial charge is 0.454 e. The highest BCUT2D eigenvalue weighted by molar-refractivity contribution is 6.36. The SMILES string of the molecule is Clc1cccc2c1oc1ccc3cc(-c4ccccc4)ccc3c12. The van der Waals surface area contributed by atoms with Gasteiger partial charge in [0.05, 0.1) is 5.02 Å². The zero-order chi connectivity index (χ0) is 16.1. The molecule has 0 atom stereocenters. The first-order chi connectivity index (χ1) is 11.8. The molecule has 1 heterocycles. The smallest absolute Gasteiger partial charge is 0.154 e. The van der Waals surface area contributed by atoms with Gasteiger partial charge >= 0.3 is 0 Å². The number of rotatable bonds is 1. The molecule has 5 rings (SSSR count). The van der Waals surface area contributed by atoms with E-state index in [9.17, 15) is 0 Å². The molecule has 0 bridgehead atoms. The molecule has 24 heavy (non-hydrogen) atoms. The molecule has 0 amide bonds. The van der Waals surface area contributed by atoms with Gasteiger partial charge in [0.1, 0.15) is 5.58 Å². The van der Waals surface area contributed by atoms with Crippen LogP contribution in [-0.2, 0) is 0 Å². The highest BCUT2D eigenvalue weighted by Gasteiger charge is 2.12. The number of furan rings is 1. The number of hydrogen-bond acceptors (Lipinski definition) is 1. The van der Waals surface area contributed by atoms with Gasteiger partial charge in [-0.05, 0) is 40.1 Å². The molecule has 1 nitrogen and oxygen atoms in total. The fourth-order valence-corrected chi connectivity index (χ4v) is 3.62. The van der Waals surface area contributed by atoms with Crippen molar-refractivity contribution in [2.24, 2.45) is 0 Å². The molecule has 0 spiro atoms. The minimum absolute atomic E-state index is 0.651. The molecule has 0 unspecified atom stereocenters.